The predicted octanol–water partition coefficient (Wildman–Crippen LogP) is 3.54. The van der Waals surface area contributed by atoms with E-state index in [1.54, 1.807) is 0 Å². The minimum Gasteiger partial charge on any atom is -0.391 e. The molecule has 0 saturated carbocycles. The van der Waals surface area contributed by atoms with Gasteiger partial charge in [0.15, 0.2) is 0 Å². The van der Waals surface area contributed by atoms with Gasteiger partial charge in [-0.3, -0.25) is 0 Å². The summed E-state index contributed by atoms with van der Waals surface area (Å²) in [6, 6.07) is 0. The van der Waals surface area contributed by atoms with Crippen molar-refractivity contribution in [3.8, 4) is 0 Å². The molecule has 13 heavy (non-hydrogen) atoms. The summed E-state index contributed by atoms with van der Waals surface area (Å²) >= 11 is 3.41. The van der Waals surface area contributed by atoms with Crippen LogP contribution in [0.5, 0.6) is 0 Å². The summed E-state index contributed by atoms with van der Waals surface area (Å²) in [6.45, 7) is 5.75. The van der Waals surface area contributed by atoms with Gasteiger partial charge in [0.05, 0.1) is 0 Å². The van der Waals surface area contributed by atoms with Crippen molar-refractivity contribution in [1.29, 1.82) is 0 Å². The highest BCUT2D eigenvalue weighted by atomic mass is 32.1. The van der Waals surface area contributed by atoms with Crippen LogP contribution in [0, 0.1) is 0 Å². The largest absolute Gasteiger partial charge is 0.391 e. The molecule has 0 spiro atoms. The number of carbonyl (C=O) groups excluding carboxylic acids is 1. The number of hydrogen-bond donors (Lipinski definition) is 1. The van der Waals surface area contributed by atoms with Gasteiger partial charge in [0.1, 0.15) is 0 Å². The third-order valence-electron chi connectivity index (χ3n) is 1.70. The summed E-state index contributed by atoms with van der Waals surface area (Å²) in [5.41, 5.74) is 0.515. The van der Waals surface area contributed by atoms with E-state index in [1.807, 2.05) is 0 Å². The molecular formula is C10H20O2S. The number of hydrogen-bond acceptors (Lipinski definition) is 3. The molecular weight excluding hydrogens is 184 g/mol. The van der Waals surface area contributed by atoms with Crippen LogP contribution >= 0.6 is 12.9 Å². The SMILES string of the molecule is C.C=C(CCCCCC)C(=O)OS. The number of unbranched alkanes of at least 4 members (excludes halogenated alkanes) is 3. The molecule has 0 aliphatic rings. The molecule has 0 atom stereocenters. The van der Waals surface area contributed by atoms with Crippen LogP contribution in [0.4, 0.5) is 0 Å². The maximum absolute atomic E-state index is 10.8. The van der Waals surface area contributed by atoms with Crippen LogP contribution in [0.3, 0.4) is 0 Å². The Morgan fingerprint density at radius 3 is 2.46 bits per heavy atom. The Kier molecular flexibility index (Phi) is 11.2. The van der Waals surface area contributed by atoms with E-state index in [2.05, 4.69) is 30.6 Å². The standard InChI is InChI=1S/C9H16O2S.CH4/c1-3-4-5-6-7-8(2)9(10)11-12;/h12H,2-7H2,1H3;1H4. The van der Waals surface area contributed by atoms with Gasteiger partial charge in [0.2, 0.25) is 0 Å². The van der Waals surface area contributed by atoms with Gasteiger partial charge in [-0.2, -0.15) is 0 Å². The first kappa shape index (κ1) is 15.1. The van der Waals surface area contributed by atoms with Gasteiger partial charge < -0.3 is 4.18 Å². The van der Waals surface area contributed by atoms with E-state index in [0.717, 1.165) is 19.3 Å². The lowest BCUT2D eigenvalue weighted by atomic mass is 10.1. The fraction of sp³-hybridized carbons (Fsp3) is 0.700. The third-order valence-corrected chi connectivity index (χ3v) is 1.87. The van der Waals surface area contributed by atoms with E-state index in [0.29, 0.717) is 5.57 Å². The molecule has 0 rings (SSSR count). The minimum atomic E-state index is -0.408. The molecule has 0 radical (unpaired) electrons. The van der Waals surface area contributed by atoms with Gasteiger partial charge in [-0.05, 0) is 12.8 Å². The van der Waals surface area contributed by atoms with Crippen molar-refractivity contribution in [1.82, 2.24) is 0 Å². The Morgan fingerprint density at radius 1 is 1.38 bits per heavy atom. The Bertz CT molecular complexity index is 155. The first-order valence-corrected chi connectivity index (χ1v) is 4.62. The Labute approximate surface area is 87.0 Å². The molecule has 0 unspecified atom stereocenters. The van der Waals surface area contributed by atoms with Crippen LogP contribution in [0.1, 0.15) is 46.5 Å². The predicted molar refractivity (Wildman–Crippen MR) is 59.7 cm³/mol. The van der Waals surface area contributed by atoms with Crippen molar-refractivity contribution in [3.63, 3.8) is 0 Å². The highest BCUT2D eigenvalue weighted by Crippen LogP contribution is 2.10. The van der Waals surface area contributed by atoms with Crippen LogP contribution < -0.4 is 0 Å². The highest BCUT2D eigenvalue weighted by molar-refractivity contribution is 7.75. The molecule has 0 N–H and O–H groups in total. The van der Waals surface area contributed by atoms with Crippen LogP contribution in [0.25, 0.3) is 0 Å². The second-order valence-corrected chi connectivity index (χ2v) is 2.98. The zero-order chi connectivity index (χ0) is 9.40. The van der Waals surface area contributed by atoms with Crippen LogP contribution in [-0.4, -0.2) is 5.97 Å². The molecule has 0 amide bonds. The van der Waals surface area contributed by atoms with E-state index < -0.39 is 5.97 Å². The van der Waals surface area contributed by atoms with Crippen molar-refractivity contribution >= 4 is 18.9 Å². The Hall–Kier alpha value is -0.440. The van der Waals surface area contributed by atoms with Crippen molar-refractivity contribution in [2.24, 2.45) is 0 Å². The molecule has 0 fully saturated rings. The topological polar surface area (TPSA) is 26.3 Å². The highest BCUT2D eigenvalue weighted by Gasteiger charge is 2.05. The molecule has 0 aromatic carbocycles. The first-order valence-electron chi connectivity index (χ1n) is 4.26. The number of thiol groups is 1. The quantitative estimate of drug-likeness (QED) is 0.310. The fourth-order valence-corrected chi connectivity index (χ4v) is 1.06. The maximum atomic E-state index is 10.8. The van der Waals surface area contributed by atoms with Crippen LogP contribution in [-0.2, 0) is 8.98 Å². The van der Waals surface area contributed by atoms with Crippen LogP contribution in [0.15, 0.2) is 12.2 Å². The Morgan fingerprint density at radius 2 is 2.00 bits per heavy atom. The molecule has 0 aliphatic heterocycles. The molecule has 0 aliphatic carbocycles. The lowest BCUT2D eigenvalue weighted by Crippen LogP contribution is -2.00. The normalized spacial score (nSPS) is 8.77. The van der Waals surface area contributed by atoms with Gasteiger partial charge in [0, 0.05) is 18.5 Å². The van der Waals surface area contributed by atoms with Crippen LogP contribution in [0.2, 0.25) is 0 Å². The molecule has 0 aromatic heterocycles. The van der Waals surface area contributed by atoms with E-state index in [1.165, 1.54) is 12.8 Å². The monoisotopic (exact) mass is 204 g/mol. The molecule has 78 valence electrons. The average Bonchev–Trinajstić information content (AvgIpc) is 2.10. The zero-order valence-electron chi connectivity index (χ0n) is 7.51. The van der Waals surface area contributed by atoms with Crippen molar-refractivity contribution < 1.29 is 8.98 Å². The van der Waals surface area contributed by atoms with E-state index in [9.17, 15) is 4.79 Å². The van der Waals surface area contributed by atoms with Gasteiger partial charge in [0.25, 0.3) is 0 Å². The minimum absolute atomic E-state index is 0. The Balaban J connectivity index is 0. The fourth-order valence-electron chi connectivity index (χ4n) is 0.932. The first-order chi connectivity index (χ1) is 5.72. The van der Waals surface area contributed by atoms with Gasteiger partial charge in [-0.15, -0.1) is 0 Å². The summed E-state index contributed by atoms with van der Waals surface area (Å²) in [7, 11) is 0. The van der Waals surface area contributed by atoms with Crippen molar-refractivity contribution in [3.05, 3.63) is 12.2 Å². The van der Waals surface area contributed by atoms with E-state index in [-0.39, 0.29) is 7.43 Å². The molecule has 0 aromatic rings. The summed E-state index contributed by atoms with van der Waals surface area (Å²) in [5.74, 6) is -0.408. The molecule has 3 heteroatoms. The van der Waals surface area contributed by atoms with E-state index >= 15 is 0 Å². The number of rotatable bonds is 6. The van der Waals surface area contributed by atoms with Gasteiger partial charge in [-0.25, -0.2) is 4.79 Å². The summed E-state index contributed by atoms with van der Waals surface area (Å²) in [6.07, 6.45) is 5.29. The molecule has 0 heterocycles. The van der Waals surface area contributed by atoms with Crippen molar-refractivity contribution in [2.45, 2.75) is 46.5 Å². The average molecular weight is 204 g/mol. The second kappa shape index (κ2) is 9.65. The summed E-state index contributed by atoms with van der Waals surface area (Å²) in [5, 5.41) is 0. The molecule has 0 saturated heterocycles. The lowest BCUT2D eigenvalue weighted by Gasteiger charge is -2.01. The van der Waals surface area contributed by atoms with E-state index in [4.69, 9.17) is 0 Å². The summed E-state index contributed by atoms with van der Waals surface area (Å²) < 4.78 is 4.22. The lowest BCUT2D eigenvalue weighted by molar-refractivity contribution is -0.128. The molecule has 2 nitrogen and oxygen atoms in total. The summed E-state index contributed by atoms with van der Waals surface area (Å²) in [4.78, 5) is 10.8. The molecule has 0 bridgehead atoms. The van der Waals surface area contributed by atoms with Gasteiger partial charge in [-0.1, -0.05) is 40.2 Å². The number of carbonyl (C=O) groups is 1. The third kappa shape index (κ3) is 7.91. The smallest absolute Gasteiger partial charge is 0.345 e. The van der Waals surface area contributed by atoms with Crippen molar-refractivity contribution in [2.75, 3.05) is 0 Å². The zero-order valence-corrected chi connectivity index (χ0v) is 8.40. The van der Waals surface area contributed by atoms with Gasteiger partial charge >= 0.3 is 5.97 Å². The second-order valence-electron chi connectivity index (χ2n) is 2.79. The maximum Gasteiger partial charge on any atom is 0.345 e.